The fourth-order valence-electron chi connectivity index (χ4n) is 3.60. The minimum absolute atomic E-state index is 0.218. The Morgan fingerprint density at radius 1 is 1.19 bits per heavy atom. The largest absolute Gasteiger partial charge is 0.442 e. The van der Waals surface area contributed by atoms with E-state index < -0.39 is 0 Å². The van der Waals surface area contributed by atoms with Gasteiger partial charge in [-0.05, 0) is 26.0 Å². The first kappa shape index (κ1) is 17.9. The Labute approximate surface area is 158 Å². The third-order valence-corrected chi connectivity index (χ3v) is 5.30. The number of morpholine rings is 1. The van der Waals surface area contributed by atoms with Crippen LogP contribution in [0.2, 0.25) is 0 Å². The molecule has 2 aliphatic rings. The number of carbonyl (C=O) groups is 1. The van der Waals surface area contributed by atoms with E-state index in [0.29, 0.717) is 13.1 Å². The number of cyclic esters (lactones) is 1. The summed E-state index contributed by atoms with van der Waals surface area (Å²) in [6, 6.07) is 9.56. The third-order valence-electron chi connectivity index (χ3n) is 5.30. The monoisotopic (exact) mass is 371 g/mol. The molecule has 8 nitrogen and oxygen atoms in total. The van der Waals surface area contributed by atoms with Crippen molar-refractivity contribution in [3.63, 3.8) is 0 Å². The van der Waals surface area contributed by atoms with E-state index in [2.05, 4.69) is 29.1 Å². The SMILES string of the molecule is CC(C)(c1cn(CC2CN(c3ccccc3)C(=O)O2)nn1)N1CCOCC1. The van der Waals surface area contributed by atoms with Crippen LogP contribution in [0, 0.1) is 0 Å². The molecule has 1 amide bonds. The maximum atomic E-state index is 12.2. The fraction of sp³-hybridized carbons (Fsp3) is 0.526. The Morgan fingerprint density at radius 3 is 2.67 bits per heavy atom. The molecule has 2 aromatic rings. The predicted octanol–water partition coefficient (Wildman–Crippen LogP) is 1.87. The number of ether oxygens (including phenoxy) is 2. The molecule has 0 N–H and O–H groups in total. The van der Waals surface area contributed by atoms with Crippen molar-refractivity contribution in [2.45, 2.75) is 32.0 Å². The Hall–Kier alpha value is -2.45. The Bertz CT molecular complexity index is 786. The van der Waals surface area contributed by atoms with E-state index in [1.807, 2.05) is 36.5 Å². The quantitative estimate of drug-likeness (QED) is 0.799. The van der Waals surface area contributed by atoms with Crippen molar-refractivity contribution in [2.75, 3.05) is 37.7 Å². The molecule has 1 unspecified atom stereocenters. The number of amides is 1. The molecule has 0 bridgehead atoms. The number of hydrogen-bond acceptors (Lipinski definition) is 6. The van der Waals surface area contributed by atoms with E-state index in [1.165, 1.54) is 0 Å². The van der Waals surface area contributed by atoms with Gasteiger partial charge in [-0.25, -0.2) is 9.48 Å². The number of anilines is 1. The van der Waals surface area contributed by atoms with Gasteiger partial charge < -0.3 is 9.47 Å². The highest BCUT2D eigenvalue weighted by molar-refractivity contribution is 5.89. The van der Waals surface area contributed by atoms with Gasteiger partial charge in [0.15, 0.2) is 0 Å². The molecule has 27 heavy (non-hydrogen) atoms. The van der Waals surface area contributed by atoms with E-state index in [9.17, 15) is 4.79 Å². The molecule has 2 fully saturated rings. The van der Waals surface area contributed by atoms with Crippen LogP contribution in [-0.4, -0.2) is 64.9 Å². The molecular formula is C19H25N5O3. The lowest BCUT2D eigenvalue weighted by molar-refractivity contribution is -0.0132. The van der Waals surface area contributed by atoms with E-state index in [4.69, 9.17) is 9.47 Å². The summed E-state index contributed by atoms with van der Waals surface area (Å²) < 4.78 is 12.7. The van der Waals surface area contributed by atoms with E-state index in [-0.39, 0.29) is 17.7 Å². The van der Waals surface area contributed by atoms with Crippen molar-refractivity contribution in [3.8, 4) is 0 Å². The molecule has 0 saturated carbocycles. The Kier molecular flexibility index (Phi) is 4.84. The molecule has 3 heterocycles. The van der Waals surface area contributed by atoms with Gasteiger partial charge in [0.1, 0.15) is 11.8 Å². The standard InChI is InChI=1S/C19H25N5O3/c1-19(2,22-8-10-26-11-9-22)17-14-23(21-20-17)12-16-13-24(18(25)27-16)15-6-4-3-5-7-15/h3-7,14,16H,8-13H2,1-2H3. The highest BCUT2D eigenvalue weighted by Crippen LogP contribution is 2.27. The number of benzene rings is 1. The number of hydrogen-bond donors (Lipinski definition) is 0. The van der Waals surface area contributed by atoms with E-state index >= 15 is 0 Å². The maximum absolute atomic E-state index is 12.2. The Morgan fingerprint density at radius 2 is 1.93 bits per heavy atom. The summed E-state index contributed by atoms with van der Waals surface area (Å²) in [7, 11) is 0. The highest BCUT2D eigenvalue weighted by Gasteiger charge is 2.35. The number of nitrogens with zero attached hydrogens (tertiary/aromatic N) is 5. The van der Waals surface area contributed by atoms with Crippen molar-refractivity contribution in [2.24, 2.45) is 0 Å². The molecule has 1 aromatic heterocycles. The summed E-state index contributed by atoms with van der Waals surface area (Å²) in [5, 5.41) is 8.64. The molecule has 2 saturated heterocycles. The molecule has 1 aromatic carbocycles. The molecule has 2 aliphatic heterocycles. The topological polar surface area (TPSA) is 72.7 Å². The lowest BCUT2D eigenvalue weighted by Crippen LogP contribution is -2.48. The lowest BCUT2D eigenvalue weighted by atomic mass is 9.98. The first-order valence-electron chi connectivity index (χ1n) is 9.30. The van der Waals surface area contributed by atoms with Crippen LogP contribution in [0.1, 0.15) is 19.5 Å². The number of aromatic nitrogens is 3. The zero-order valence-electron chi connectivity index (χ0n) is 15.7. The molecular weight excluding hydrogens is 346 g/mol. The van der Waals surface area contributed by atoms with Gasteiger partial charge >= 0.3 is 6.09 Å². The normalized spacial score (nSPS) is 21.5. The maximum Gasteiger partial charge on any atom is 0.414 e. The van der Waals surface area contributed by atoms with Gasteiger partial charge in [0.2, 0.25) is 0 Å². The Balaban J connectivity index is 1.42. The number of carbonyl (C=O) groups excluding carboxylic acids is 1. The van der Waals surface area contributed by atoms with Crippen molar-refractivity contribution < 1.29 is 14.3 Å². The summed E-state index contributed by atoms with van der Waals surface area (Å²) >= 11 is 0. The van der Waals surface area contributed by atoms with Gasteiger partial charge in [-0.15, -0.1) is 5.10 Å². The number of para-hydroxylation sites is 1. The highest BCUT2D eigenvalue weighted by atomic mass is 16.6. The second-order valence-electron chi connectivity index (χ2n) is 7.44. The van der Waals surface area contributed by atoms with E-state index in [1.54, 1.807) is 9.58 Å². The summed E-state index contributed by atoms with van der Waals surface area (Å²) in [4.78, 5) is 16.2. The van der Waals surface area contributed by atoms with Crippen LogP contribution in [-0.2, 0) is 21.6 Å². The van der Waals surface area contributed by atoms with Gasteiger partial charge in [-0.2, -0.15) is 0 Å². The molecule has 144 valence electrons. The van der Waals surface area contributed by atoms with Crippen LogP contribution in [0.25, 0.3) is 0 Å². The van der Waals surface area contributed by atoms with Crippen LogP contribution in [0.15, 0.2) is 36.5 Å². The van der Waals surface area contributed by atoms with Crippen LogP contribution in [0.5, 0.6) is 0 Å². The average molecular weight is 371 g/mol. The number of rotatable bonds is 5. The second kappa shape index (κ2) is 7.28. The van der Waals surface area contributed by atoms with Crippen LogP contribution in [0.4, 0.5) is 10.5 Å². The molecule has 8 heteroatoms. The second-order valence-corrected chi connectivity index (χ2v) is 7.44. The molecule has 0 spiro atoms. The van der Waals surface area contributed by atoms with Crippen LogP contribution >= 0.6 is 0 Å². The minimum Gasteiger partial charge on any atom is -0.442 e. The molecule has 1 atom stereocenters. The van der Waals surface area contributed by atoms with Gasteiger partial charge in [0.25, 0.3) is 0 Å². The third kappa shape index (κ3) is 3.68. The lowest BCUT2D eigenvalue weighted by Gasteiger charge is -2.39. The summed E-state index contributed by atoms with van der Waals surface area (Å²) in [5.41, 5.74) is 1.54. The first-order chi connectivity index (χ1) is 13.0. The van der Waals surface area contributed by atoms with Crippen LogP contribution in [0.3, 0.4) is 0 Å². The van der Waals surface area contributed by atoms with Crippen molar-refractivity contribution in [1.29, 1.82) is 0 Å². The van der Waals surface area contributed by atoms with Gasteiger partial charge in [0, 0.05) is 18.8 Å². The van der Waals surface area contributed by atoms with Gasteiger partial charge in [0.05, 0.1) is 38.0 Å². The fourth-order valence-corrected chi connectivity index (χ4v) is 3.60. The smallest absolute Gasteiger partial charge is 0.414 e. The first-order valence-corrected chi connectivity index (χ1v) is 9.30. The van der Waals surface area contributed by atoms with Crippen molar-refractivity contribution >= 4 is 11.8 Å². The summed E-state index contributed by atoms with van der Waals surface area (Å²) in [5.74, 6) is 0. The molecule has 4 rings (SSSR count). The zero-order valence-corrected chi connectivity index (χ0v) is 15.7. The van der Waals surface area contributed by atoms with Gasteiger partial charge in [-0.3, -0.25) is 9.80 Å². The van der Waals surface area contributed by atoms with Crippen molar-refractivity contribution in [1.82, 2.24) is 19.9 Å². The van der Waals surface area contributed by atoms with Crippen LogP contribution < -0.4 is 4.90 Å². The minimum atomic E-state index is -0.319. The zero-order chi connectivity index (χ0) is 18.9. The molecule has 0 radical (unpaired) electrons. The predicted molar refractivity (Wildman–Crippen MR) is 99.5 cm³/mol. The average Bonchev–Trinajstić information content (AvgIpc) is 3.30. The van der Waals surface area contributed by atoms with E-state index in [0.717, 1.165) is 37.7 Å². The summed E-state index contributed by atoms with van der Waals surface area (Å²) in [6.07, 6.45) is 1.38. The van der Waals surface area contributed by atoms with Crippen molar-refractivity contribution in [3.05, 3.63) is 42.2 Å². The molecule has 0 aliphatic carbocycles. The van der Waals surface area contributed by atoms with Gasteiger partial charge in [-0.1, -0.05) is 23.4 Å². The summed E-state index contributed by atoms with van der Waals surface area (Å²) in [6.45, 7) is 8.54.